The van der Waals surface area contributed by atoms with E-state index in [2.05, 4.69) is 28.0 Å². The lowest BCUT2D eigenvalue weighted by atomic mass is 10.1. The third-order valence-corrected chi connectivity index (χ3v) is 5.54. The number of hydrogen-bond acceptors (Lipinski definition) is 7. The number of benzene rings is 1. The van der Waals surface area contributed by atoms with Crippen LogP contribution in [0.4, 0.5) is 0 Å². The maximum atomic E-state index is 13.0. The minimum absolute atomic E-state index is 0.0549. The number of aromatic nitrogens is 3. The number of ether oxygens (including phenoxy) is 2. The van der Waals surface area contributed by atoms with Crippen LogP contribution in [0.1, 0.15) is 31.2 Å². The molecular formula is C24H23N5O4. The third kappa shape index (κ3) is 4.15. The lowest BCUT2D eigenvalue weighted by molar-refractivity contribution is -0.139. The first kappa shape index (κ1) is 22.0. The fourth-order valence-electron chi connectivity index (χ4n) is 3.55. The van der Waals surface area contributed by atoms with Crippen molar-refractivity contribution in [3.63, 3.8) is 0 Å². The lowest BCUT2D eigenvalue weighted by Gasteiger charge is -2.12. The number of esters is 1. The Balaban J connectivity index is 1.62. The van der Waals surface area contributed by atoms with Gasteiger partial charge in [0.25, 0.3) is 0 Å². The highest BCUT2D eigenvalue weighted by molar-refractivity contribution is 5.90. The zero-order valence-electron chi connectivity index (χ0n) is 18.4. The van der Waals surface area contributed by atoms with Gasteiger partial charge in [-0.15, -0.1) is 5.10 Å². The van der Waals surface area contributed by atoms with Crippen molar-refractivity contribution in [2.75, 3.05) is 20.3 Å². The monoisotopic (exact) mass is 445 g/mol. The largest absolute Gasteiger partial charge is 0.493 e. The van der Waals surface area contributed by atoms with Crippen molar-refractivity contribution >= 4 is 17.5 Å². The van der Waals surface area contributed by atoms with Crippen molar-refractivity contribution in [3.8, 4) is 23.1 Å². The molecule has 9 nitrogen and oxygen atoms in total. The molecule has 1 aliphatic rings. The highest BCUT2D eigenvalue weighted by Gasteiger charge is 2.54. The molecule has 1 fully saturated rings. The molecule has 1 amide bonds. The molecule has 0 saturated heterocycles. The molecule has 4 rings (SSSR count). The van der Waals surface area contributed by atoms with E-state index in [9.17, 15) is 14.9 Å². The number of methoxy groups -OCH3 is 1. The van der Waals surface area contributed by atoms with Gasteiger partial charge in [0.05, 0.1) is 31.0 Å². The molecule has 1 saturated carbocycles. The second kappa shape index (κ2) is 8.74. The predicted octanol–water partition coefficient (Wildman–Crippen LogP) is 2.54. The van der Waals surface area contributed by atoms with E-state index in [0.717, 1.165) is 11.3 Å². The first-order valence-electron chi connectivity index (χ1n) is 10.5. The summed E-state index contributed by atoms with van der Waals surface area (Å²) < 4.78 is 12.1. The van der Waals surface area contributed by atoms with Crippen molar-refractivity contribution in [1.82, 2.24) is 19.9 Å². The Morgan fingerprint density at radius 2 is 2.09 bits per heavy atom. The number of rotatable bonds is 8. The Hall–Kier alpha value is -4.19. The van der Waals surface area contributed by atoms with Crippen LogP contribution >= 0.6 is 0 Å². The van der Waals surface area contributed by atoms with Crippen molar-refractivity contribution in [2.45, 2.75) is 25.2 Å². The SMILES string of the molecule is C=C(C)C(=O)OCCNC(=O)C1(c2nc3c(OC)ccc(-c4cccc(C#N)c4)n3n2)CC1. The van der Waals surface area contributed by atoms with Crippen molar-refractivity contribution < 1.29 is 19.1 Å². The molecule has 0 aliphatic heterocycles. The quantitative estimate of drug-likeness (QED) is 0.321. The summed E-state index contributed by atoms with van der Waals surface area (Å²) in [5.74, 6) is 0.224. The highest BCUT2D eigenvalue weighted by atomic mass is 16.5. The van der Waals surface area contributed by atoms with Gasteiger partial charge in [0, 0.05) is 11.1 Å². The Kier molecular flexibility index (Phi) is 5.84. The summed E-state index contributed by atoms with van der Waals surface area (Å²) in [7, 11) is 1.55. The van der Waals surface area contributed by atoms with Crippen LogP contribution in [0.15, 0.2) is 48.6 Å². The predicted molar refractivity (Wildman–Crippen MR) is 119 cm³/mol. The average molecular weight is 445 g/mol. The van der Waals surface area contributed by atoms with Crippen LogP contribution in [0, 0.1) is 11.3 Å². The van der Waals surface area contributed by atoms with Gasteiger partial charge in [0.1, 0.15) is 12.0 Å². The van der Waals surface area contributed by atoms with E-state index < -0.39 is 11.4 Å². The smallest absolute Gasteiger partial charge is 0.333 e. The zero-order chi connectivity index (χ0) is 23.6. The molecule has 168 valence electrons. The Labute approximate surface area is 190 Å². The molecule has 2 heterocycles. The molecule has 1 aliphatic carbocycles. The van der Waals surface area contributed by atoms with Crippen LogP contribution in [0.2, 0.25) is 0 Å². The van der Waals surface area contributed by atoms with Crippen molar-refractivity contribution in [3.05, 3.63) is 59.9 Å². The van der Waals surface area contributed by atoms with Gasteiger partial charge in [-0.1, -0.05) is 18.7 Å². The van der Waals surface area contributed by atoms with Gasteiger partial charge in [0.15, 0.2) is 17.2 Å². The third-order valence-electron chi connectivity index (χ3n) is 5.54. The van der Waals surface area contributed by atoms with E-state index in [-0.39, 0.29) is 19.1 Å². The van der Waals surface area contributed by atoms with Gasteiger partial charge in [0.2, 0.25) is 5.91 Å². The number of fused-ring (bicyclic) bond motifs is 1. The van der Waals surface area contributed by atoms with Crippen molar-refractivity contribution in [2.24, 2.45) is 0 Å². The molecule has 33 heavy (non-hydrogen) atoms. The van der Waals surface area contributed by atoms with E-state index in [0.29, 0.717) is 41.2 Å². The first-order valence-corrected chi connectivity index (χ1v) is 10.5. The second-order valence-electron chi connectivity index (χ2n) is 7.90. The molecule has 2 aromatic heterocycles. The molecule has 1 aromatic carbocycles. The minimum atomic E-state index is -0.832. The van der Waals surface area contributed by atoms with Crippen LogP contribution in [-0.2, 0) is 19.7 Å². The molecule has 0 radical (unpaired) electrons. The number of pyridine rings is 1. The molecule has 3 aromatic rings. The Morgan fingerprint density at radius 3 is 2.76 bits per heavy atom. The van der Waals surface area contributed by atoms with Crippen LogP contribution in [0.3, 0.4) is 0 Å². The summed E-state index contributed by atoms with van der Waals surface area (Å²) in [6.45, 7) is 5.33. The molecule has 0 unspecified atom stereocenters. The number of hydrogen-bond donors (Lipinski definition) is 1. The van der Waals surface area contributed by atoms with E-state index in [1.165, 1.54) is 0 Å². The number of amides is 1. The molecular weight excluding hydrogens is 422 g/mol. The maximum absolute atomic E-state index is 13.0. The number of nitrogens with one attached hydrogen (secondary N) is 1. The summed E-state index contributed by atoms with van der Waals surface area (Å²) in [6, 6.07) is 13.0. The van der Waals surface area contributed by atoms with Crippen LogP contribution in [0.25, 0.3) is 16.9 Å². The van der Waals surface area contributed by atoms with Crippen LogP contribution in [0.5, 0.6) is 5.75 Å². The second-order valence-corrected chi connectivity index (χ2v) is 7.90. The Morgan fingerprint density at radius 1 is 1.30 bits per heavy atom. The highest BCUT2D eigenvalue weighted by Crippen LogP contribution is 2.47. The van der Waals surface area contributed by atoms with Gasteiger partial charge in [-0.3, -0.25) is 4.79 Å². The molecule has 0 spiro atoms. The standard InChI is InChI=1S/C24H23N5O4/c1-15(2)21(30)33-12-11-26-23(31)24(9-10-24)22-27-20-19(32-3)8-7-18(29(20)28-22)17-6-4-5-16(13-17)14-25/h4-8,13H,1,9-12H2,2-3H3,(H,26,31). The molecule has 1 N–H and O–H groups in total. The van der Waals surface area contributed by atoms with E-state index in [1.807, 2.05) is 12.1 Å². The van der Waals surface area contributed by atoms with E-state index in [1.54, 1.807) is 42.8 Å². The summed E-state index contributed by atoms with van der Waals surface area (Å²) in [6.07, 6.45) is 1.23. The first-order chi connectivity index (χ1) is 15.9. The summed E-state index contributed by atoms with van der Waals surface area (Å²) in [4.78, 5) is 29.1. The summed E-state index contributed by atoms with van der Waals surface area (Å²) in [5, 5.41) is 16.7. The van der Waals surface area contributed by atoms with Gasteiger partial charge in [-0.25, -0.2) is 14.3 Å². The van der Waals surface area contributed by atoms with Crippen LogP contribution in [-0.4, -0.2) is 46.7 Å². The van der Waals surface area contributed by atoms with Crippen molar-refractivity contribution in [1.29, 1.82) is 5.26 Å². The fourth-order valence-corrected chi connectivity index (χ4v) is 3.55. The normalized spacial score (nSPS) is 13.7. The van der Waals surface area contributed by atoms with Gasteiger partial charge < -0.3 is 14.8 Å². The summed E-state index contributed by atoms with van der Waals surface area (Å²) >= 11 is 0. The zero-order valence-corrected chi connectivity index (χ0v) is 18.4. The van der Waals surface area contributed by atoms with Gasteiger partial charge in [-0.2, -0.15) is 5.26 Å². The van der Waals surface area contributed by atoms with E-state index >= 15 is 0 Å². The molecule has 9 heteroatoms. The number of nitrogens with zero attached hydrogens (tertiary/aromatic N) is 4. The average Bonchev–Trinajstić information content (AvgIpc) is 3.52. The fraction of sp³-hybridized carbons (Fsp3) is 0.292. The number of nitriles is 1. The number of carbonyl (C=O) groups is 2. The maximum Gasteiger partial charge on any atom is 0.333 e. The lowest BCUT2D eigenvalue weighted by Crippen LogP contribution is -2.37. The topological polar surface area (TPSA) is 119 Å². The van der Waals surface area contributed by atoms with Gasteiger partial charge in [-0.05, 0) is 44.0 Å². The molecule has 0 bridgehead atoms. The van der Waals surface area contributed by atoms with Crippen LogP contribution < -0.4 is 10.1 Å². The van der Waals surface area contributed by atoms with E-state index in [4.69, 9.17) is 9.47 Å². The number of carbonyl (C=O) groups excluding carboxylic acids is 2. The summed E-state index contributed by atoms with van der Waals surface area (Å²) in [5.41, 5.74) is 2.01. The van der Waals surface area contributed by atoms with Gasteiger partial charge >= 0.3 is 5.97 Å². The minimum Gasteiger partial charge on any atom is -0.493 e. The Bertz CT molecular complexity index is 1300. The molecule has 0 atom stereocenters.